The lowest BCUT2D eigenvalue weighted by Crippen LogP contribution is -2.13. The summed E-state index contributed by atoms with van der Waals surface area (Å²) >= 11 is 0. The van der Waals surface area contributed by atoms with Gasteiger partial charge in [-0.25, -0.2) is 0 Å². The fourth-order valence-electron chi connectivity index (χ4n) is 3.52. The highest BCUT2D eigenvalue weighted by Gasteiger charge is 2.15. The molecular formula is C25H26N4O2. The van der Waals surface area contributed by atoms with Crippen LogP contribution in [0.5, 0.6) is 11.8 Å². The molecular weight excluding hydrogens is 388 g/mol. The number of anilines is 2. The van der Waals surface area contributed by atoms with Gasteiger partial charge in [0.25, 0.3) is 5.56 Å². The fraction of sp³-hybridized carbons (Fsp3) is 0.240. The molecule has 1 N–H and O–H groups in total. The zero-order valence-corrected chi connectivity index (χ0v) is 18.4. The van der Waals surface area contributed by atoms with Gasteiger partial charge in [0.1, 0.15) is 5.75 Å². The van der Waals surface area contributed by atoms with Crippen LogP contribution in [0.25, 0.3) is 10.9 Å². The van der Waals surface area contributed by atoms with Crippen molar-refractivity contribution in [1.82, 2.24) is 15.0 Å². The number of aryl methyl sites for hydroxylation is 1. The summed E-state index contributed by atoms with van der Waals surface area (Å²) in [6.07, 6.45) is 3.11. The van der Waals surface area contributed by atoms with Gasteiger partial charge in [-0.3, -0.25) is 14.8 Å². The van der Waals surface area contributed by atoms with Gasteiger partial charge in [0.05, 0.1) is 17.1 Å². The molecule has 2 aromatic heterocycles. The number of aromatic amines is 1. The van der Waals surface area contributed by atoms with Crippen molar-refractivity contribution < 1.29 is 4.74 Å². The number of H-pyrrole nitrogens is 1. The van der Waals surface area contributed by atoms with Crippen LogP contribution in [0.3, 0.4) is 0 Å². The average molecular weight is 415 g/mol. The highest BCUT2D eigenvalue weighted by Crippen LogP contribution is 2.32. The molecule has 0 fully saturated rings. The van der Waals surface area contributed by atoms with E-state index in [4.69, 9.17) is 4.74 Å². The Morgan fingerprint density at radius 1 is 1.03 bits per heavy atom. The molecule has 6 nitrogen and oxygen atoms in total. The van der Waals surface area contributed by atoms with E-state index in [0.717, 1.165) is 16.9 Å². The first-order valence-corrected chi connectivity index (χ1v) is 10.2. The molecule has 4 aromatic rings. The molecule has 2 heterocycles. The molecule has 0 amide bonds. The highest BCUT2D eigenvalue weighted by atomic mass is 16.5. The van der Waals surface area contributed by atoms with E-state index in [1.165, 1.54) is 5.56 Å². The third kappa shape index (κ3) is 4.28. The number of pyridine rings is 1. The summed E-state index contributed by atoms with van der Waals surface area (Å²) in [6.45, 7) is 8.66. The number of fused-ring (bicyclic) bond motifs is 1. The molecule has 158 valence electrons. The first-order chi connectivity index (χ1) is 14.7. The second-order valence-electron chi connectivity index (χ2n) is 8.67. The lowest BCUT2D eigenvalue weighted by Gasteiger charge is -2.24. The van der Waals surface area contributed by atoms with Crippen LogP contribution in [0.1, 0.15) is 31.9 Å². The average Bonchev–Trinajstić information content (AvgIpc) is 2.73. The predicted octanol–water partition coefficient (Wildman–Crippen LogP) is 5.48. The molecule has 2 aromatic carbocycles. The van der Waals surface area contributed by atoms with Gasteiger partial charge in [0.2, 0.25) is 0 Å². The van der Waals surface area contributed by atoms with Crippen molar-refractivity contribution in [3.63, 3.8) is 0 Å². The maximum Gasteiger partial charge on any atom is 0.302 e. The lowest BCUT2D eigenvalue weighted by molar-refractivity contribution is 0.442. The Hall–Kier alpha value is -3.67. The fourth-order valence-corrected chi connectivity index (χ4v) is 3.52. The molecule has 0 bridgehead atoms. The van der Waals surface area contributed by atoms with Crippen molar-refractivity contribution in [3.05, 3.63) is 82.4 Å². The largest absolute Gasteiger partial charge is 0.426 e. The van der Waals surface area contributed by atoms with Gasteiger partial charge >= 0.3 is 6.01 Å². The molecule has 31 heavy (non-hydrogen) atoms. The van der Waals surface area contributed by atoms with Gasteiger partial charge in [0.15, 0.2) is 0 Å². The number of benzene rings is 2. The van der Waals surface area contributed by atoms with Gasteiger partial charge < -0.3 is 9.64 Å². The molecule has 4 rings (SSSR count). The van der Waals surface area contributed by atoms with Crippen LogP contribution in [-0.4, -0.2) is 22.0 Å². The van der Waals surface area contributed by atoms with E-state index in [-0.39, 0.29) is 17.0 Å². The number of hydrogen-bond acceptors (Lipinski definition) is 5. The summed E-state index contributed by atoms with van der Waals surface area (Å²) in [4.78, 5) is 25.4. The minimum absolute atomic E-state index is 0.125. The molecule has 0 unspecified atom stereocenters. The number of rotatable bonds is 4. The minimum atomic E-state index is -0.255. The van der Waals surface area contributed by atoms with Crippen LogP contribution >= 0.6 is 0 Å². The van der Waals surface area contributed by atoms with E-state index in [1.54, 1.807) is 18.5 Å². The molecule has 0 saturated heterocycles. The van der Waals surface area contributed by atoms with E-state index >= 15 is 0 Å². The summed E-state index contributed by atoms with van der Waals surface area (Å²) in [5, 5.41) is 0.480. The Balaban J connectivity index is 1.57. The third-order valence-corrected chi connectivity index (χ3v) is 5.35. The quantitative estimate of drug-likeness (QED) is 0.478. The number of aromatic nitrogens is 3. The Morgan fingerprint density at radius 3 is 2.45 bits per heavy atom. The molecule has 0 atom stereocenters. The van der Waals surface area contributed by atoms with E-state index in [2.05, 4.69) is 64.9 Å². The van der Waals surface area contributed by atoms with Crippen molar-refractivity contribution in [3.8, 4) is 11.8 Å². The number of ether oxygens (including phenoxy) is 1. The van der Waals surface area contributed by atoms with E-state index in [1.807, 2.05) is 32.2 Å². The number of hydrogen-bond donors (Lipinski definition) is 1. The Labute approximate surface area is 181 Å². The van der Waals surface area contributed by atoms with Crippen LogP contribution in [0.2, 0.25) is 0 Å². The predicted molar refractivity (Wildman–Crippen MR) is 125 cm³/mol. The third-order valence-electron chi connectivity index (χ3n) is 5.35. The Bertz CT molecular complexity index is 1290. The molecule has 0 aliphatic carbocycles. The van der Waals surface area contributed by atoms with Crippen LogP contribution in [0.15, 0.2) is 65.7 Å². The standard InChI is InChI=1S/C25H26N4O2/c1-16-14-19(31-24-27-21-15-26-13-12-20(21)23(30)28-24)10-11-22(16)29(5)18-8-6-17(7-9-18)25(2,3)4/h6-15H,1-5H3,(H,27,28,30). The summed E-state index contributed by atoms with van der Waals surface area (Å²) in [5.41, 5.74) is 4.89. The zero-order chi connectivity index (χ0) is 22.2. The Kier molecular flexibility index (Phi) is 5.23. The van der Waals surface area contributed by atoms with E-state index in [9.17, 15) is 4.79 Å². The maximum absolute atomic E-state index is 12.2. The summed E-state index contributed by atoms with van der Waals surface area (Å²) in [5.74, 6) is 0.601. The van der Waals surface area contributed by atoms with Crippen molar-refractivity contribution >= 4 is 22.3 Å². The molecule has 0 saturated carbocycles. The topological polar surface area (TPSA) is 71.1 Å². The van der Waals surface area contributed by atoms with Crippen molar-refractivity contribution in [1.29, 1.82) is 0 Å². The monoisotopic (exact) mass is 414 g/mol. The summed E-state index contributed by atoms with van der Waals surface area (Å²) in [7, 11) is 2.05. The second kappa shape index (κ2) is 7.87. The van der Waals surface area contributed by atoms with Gasteiger partial charge in [-0.1, -0.05) is 32.9 Å². The van der Waals surface area contributed by atoms with E-state index < -0.39 is 0 Å². The van der Waals surface area contributed by atoms with Crippen molar-refractivity contribution in [2.24, 2.45) is 0 Å². The van der Waals surface area contributed by atoms with E-state index in [0.29, 0.717) is 16.7 Å². The van der Waals surface area contributed by atoms with Gasteiger partial charge in [-0.05, 0) is 59.9 Å². The second-order valence-corrected chi connectivity index (χ2v) is 8.67. The lowest BCUT2D eigenvalue weighted by atomic mass is 9.87. The summed E-state index contributed by atoms with van der Waals surface area (Å²) in [6, 6.07) is 16.2. The zero-order valence-electron chi connectivity index (χ0n) is 18.4. The molecule has 6 heteroatoms. The van der Waals surface area contributed by atoms with Crippen molar-refractivity contribution in [2.45, 2.75) is 33.1 Å². The SMILES string of the molecule is Cc1cc(Oc2nc3cnccc3c(=O)[nH]2)ccc1N(C)c1ccc(C(C)(C)C)cc1. The molecule has 0 radical (unpaired) electrons. The van der Waals surface area contributed by atoms with Crippen LogP contribution in [0.4, 0.5) is 11.4 Å². The molecule has 0 aliphatic heterocycles. The van der Waals surface area contributed by atoms with Crippen molar-refractivity contribution in [2.75, 3.05) is 11.9 Å². The van der Waals surface area contributed by atoms with Gasteiger partial charge in [0, 0.05) is 24.6 Å². The van der Waals surface area contributed by atoms with Gasteiger partial charge in [-0.2, -0.15) is 4.98 Å². The van der Waals surface area contributed by atoms with Gasteiger partial charge in [-0.15, -0.1) is 0 Å². The van der Waals surface area contributed by atoms with Crippen LogP contribution in [0, 0.1) is 6.92 Å². The first kappa shape index (κ1) is 20.6. The summed E-state index contributed by atoms with van der Waals surface area (Å²) < 4.78 is 5.83. The minimum Gasteiger partial charge on any atom is -0.426 e. The maximum atomic E-state index is 12.2. The molecule has 0 spiro atoms. The Morgan fingerprint density at radius 2 is 1.77 bits per heavy atom. The van der Waals surface area contributed by atoms with Crippen LogP contribution in [-0.2, 0) is 5.41 Å². The number of nitrogens with zero attached hydrogens (tertiary/aromatic N) is 3. The number of nitrogens with one attached hydrogen (secondary N) is 1. The van der Waals surface area contributed by atoms with Crippen LogP contribution < -0.4 is 15.2 Å². The smallest absolute Gasteiger partial charge is 0.302 e. The molecule has 0 aliphatic rings. The normalized spacial score (nSPS) is 11.5. The highest BCUT2D eigenvalue weighted by molar-refractivity contribution is 5.76. The first-order valence-electron chi connectivity index (χ1n) is 10.2.